The van der Waals surface area contributed by atoms with Gasteiger partial charge in [0.1, 0.15) is 19.0 Å². The molecule has 4 aromatic rings. The summed E-state index contributed by atoms with van der Waals surface area (Å²) in [5, 5.41) is 22.2. The summed E-state index contributed by atoms with van der Waals surface area (Å²) in [5.41, 5.74) is 5.81. The van der Waals surface area contributed by atoms with Crippen molar-refractivity contribution in [2.75, 3.05) is 20.3 Å². The van der Waals surface area contributed by atoms with Crippen molar-refractivity contribution >= 4 is 29.0 Å². The fraction of sp³-hybridized carbons (Fsp3) is 0.229. The number of carbonyl (C=O) groups is 2. The van der Waals surface area contributed by atoms with Gasteiger partial charge in [0.25, 0.3) is 0 Å². The van der Waals surface area contributed by atoms with Gasteiger partial charge in [-0.05, 0) is 83.8 Å². The minimum atomic E-state index is -1.12. The lowest BCUT2D eigenvalue weighted by Crippen LogP contribution is -2.45. The predicted octanol–water partition coefficient (Wildman–Crippen LogP) is 4.94. The summed E-state index contributed by atoms with van der Waals surface area (Å²) >= 11 is 0. The maximum atomic E-state index is 12.4. The molecule has 0 aliphatic carbocycles. The minimum Gasteiger partial charge on any atom is -0.490 e. The molecule has 2 atom stereocenters. The number of nitrogens with one attached hydrogen (secondary N) is 3. The molecule has 1 heterocycles. The smallest absolute Gasteiger partial charge is 0.337 e. The summed E-state index contributed by atoms with van der Waals surface area (Å²) in [4.78, 5) is 24.6. The molecule has 46 heavy (non-hydrogen) atoms. The Kier molecular flexibility index (Phi) is 10.4. The molecule has 238 valence electrons. The molecule has 5 rings (SSSR count). The average molecular weight is 625 g/mol. The maximum absolute atomic E-state index is 12.4. The number of hydrogen-bond acceptors (Lipinski definition) is 9. The number of rotatable bonds is 13. The van der Waals surface area contributed by atoms with Crippen molar-refractivity contribution in [3.63, 3.8) is 0 Å². The highest BCUT2D eigenvalue weighted by atomic mass is 16.5. The number of hydrogen-bond donors (Lipinski definition) is 4. The number of amides is 2. The molecule has 0 spiro atoms. The van der Waals surface area contributed by atoms with Gasteiger partial charge in [-0.3, -0.25) is 5.43 Å². The summed E-state index contributed by atoms with van der Waals surface area (Å²) in [5.74, 6) is 0.922. The zero-order chi connectivity index (χ0) is 32.5. The van der Waals surface area contributed by atoms with Gasteiger partial charge < -0.3 is 34.7 Å². The lowest BCUT2D eigenvalue weighted by Gasteiger charge is -2.28. The Morgan fingerprint density at radius 1 is 0.978 bits per heavy atom. The van der Waals surface area contributed by atoms with Gasteiger partial charge in [-0.2, -0.15) is 5.10 Å². The van der Waals surface area contributed by atoms with E-state index in [-0.39, 0.29) is 12.2 Å². The lowest BCUT2D eigenvalue weighted by atomic mass is 9.95. The van der Waals surface area contributed by atoms with E-state index < -0.39 is 24.3 Å². The number of hydrazone groups is 1. The molecule has 0 bridgehead atoms. The fourth-order valence-corrected chi connectivity index (χ4v) is 4.97. The Balaban J connectivity index is 1.14. The quantitative estimate of drug-likeness (QED) is 0.0710. The van der Waals surface area contributed by atoms with E-state index >= 15 is 0 Å². The largest absolute Gasteiger partial charge is 0.490 e. The summed E-state index contributed by atoms with van der Waals surface area (Å²) in [7, 11) is 1.28. The van der Waals surface area contributed by atoms with Gasteiger partial charge in [-0.25, -0.2) is 9.59 Å². The number of urea groups is 1. The highest BCUT2D eigenvalue weighted by Gasteiger charge is 2.32. The average Bonchev–Trinajstić information content (AvgIpc) is 3.06. The first kappa shape index (κ1) is 31.9. The molecule has 0 saturated carbocycles. The third-order valence-electron chi connectivity index (χ3n) is 7.21. The Labute approximate surface area is 266 Å². The number of nitrogens with zero attached hydrogens (tertiary/aromatic N) is 1. The second-order valence-electron chi connectivity index (χ2n) is 10.5. The van der Waals surface area contributed by atoms with Crippen molar-refractivity contribution in [1.82, 2.24) is 16.1 Å². The van der Waals surface area contributed by atoms with E-state index in [9.17, 15) is 14.7 Å². The highest BCUT2D eigenvalue weighted by molar-refractivity contribution is 5.95. The number of allylic oxidation sites excluding steroid dienone is 1. The van der Waals surface area contributed by atoms with Crippen LogP contribution in [0.3, 0.4) is 0 Å². The van der Waals surface area contributed by atoms with E-state index in [4.69, 9.17) is 18.9 Å². The molecule has 4 N–H and O–H groups in total. The summed E-state index contributed by atoms with van der Waals surface area (Å²) in [6, 6.07) is 25.8. The number of benzene rings is 4. The normalized spacial score (nSPS) is 15.2. The van der Waals surface area contributed by atoms with Gasteiger partial charge in [0.05, 0.1) is 31.5 Å². The van der Waals surface area contributed by atoms with Crippen molar-refractivity contribution in [2.24, 2.45) is 5.10 Å². The van der Waals surface area contributed by atoms with Crippen molar-refractivity contribution in [1.29, 1.82) is 0 Å². The molecule has 1 aliphatic heterocycles. The van der Waals surface area contributed by atoms with Crippen LogP contribution in [0.15, 0.2) is 101 Å². The Bertz CT molecular complexity index is 1750. The second kappa shape index (κ2) is 15.0. The van der Waals surface area contributed by atoms with Gasteiger partial charge in [0.2, 0.25) is 0 Å². The molecule has 0 saturated heterocycles. The van der Waals surface area contributed by atoms with E-state index in [1.165, 1.54) is 17.9 Å². The summed E-state index contributed by atoms with van der Waals surface area (Å²) < 4.78 is 22.4. The number of methoxy groups -OCH3 is 1. The van der Waals surface area contributed by atoms with Crippen LogP contribution >= 0.6 is 0 Å². The molecule has 0 unspecified atom stereocenters. The maximum Gasteiger partial charge on any atom is 0.337 e. The molecule has 0 fully saturated rings. The Hall–Kier alpha value is -5.55. The van der Waals surface area contributed by atoms with Crippen molar-refractivity contribution in [3.8, 4) is 17.2 Å². The predicted molar refractivity (Wildman–Crippen MR) is 174 cm³/mol. The number of aliphatic hydroxyl groups is 1. The van der Waals surface area contributed by atoms with Gasteiger partial charge in [-0.15, -0.1) is 0 Å². The first-order chi connectivity index (χ1) is 22.3. The molecule has 11 nitrogen and oxygen atoms in total. The van der Waals surface area contributed by atoms with Gasteiger partial charge in [0, 0.05) is 5.70 Å². The third-order valence-corrected chi connectivity index (χ3v) is 7.21. The first-order valence-electron chi connectivity index (χ1n) is 14.8. The number of ether oxygens (including phenoxy) is 4. The topological polar surface area (TPSA) is 140 Å². The second-order valence-corrected chi connectivity index (χ2v) is 10.5. The Morgan fingerprint density at radius 3 is 2.52 bits per heavy atom. The fourth-order valence-electron chi connectivity index (χ4n) is 4.97. The third kappa shape index (κ3) is 7.93. The zero-order valence-electron chi connectivity index (χ0n) is 25.8. The van der Waals surface area contributed by atoms with Gasteiger partial charge >= 0.3 is 12.0 Å². The van der Waals surface area contributed by atoms with Gasteiger partial charge in [0.15, 0.2) is 17.7 Å². The van der Waals surface area contributed by atoms with Crippen LogP contribution in [-0.4, -0.2) is 49.9 Å². The highest BCUT2D eigenvalue weighted by Crippen LogP contribution is 2.35. The number of aliphatic hydroxyl groups excluding tert-OH is 1. The Morgan fingerprint density at radius 2 is 1.76 bits per heavy atom. The molecule has 2 amide bonds. The monoisotopic (exact) mass is 624 g/mol. The van der Waals surface area contributed by atoms with Crippen molar-refractivity contribution in [3.05, 3.63) is 113 Å². The number of fused-ring (bicyclic) bond motifs is 1. The number of esters is 1. The van der Waals surface area contributed by atoms with Crippen LogP contribution in [0, 0.1) is 0 Å². The van der Waals surface area contributed by atoms with Crippen LogP contribution in [0.2, 0.25) is 0 Å². The molecule has 4 aromatic carbocycles. The van der Waals surface area contributed by atoms with E-state index in [1.54, 1.807) is 31.3 Å². The first-order valence-corrected chi connectivity index (χ1v) is 14.8. The zero-order valence-corrected chi connectivity index (χ0v) is 25.8. The SMILES string of the molecule is CCOc1cc([C@H]2NC(=O)NC(C)=C2C(=O)OC)ccc1OC[C@H](O)N/N=C\c1ccc(OCc2ccc3ccccc3c2)cc1. The molecule has 11 heteroatoms. The van der Waals surface area contributed by atoms with E-state index in [0.29, 0.717) is 36.0 Å². The molecule has 1 aliphatic rings. The van der Waals surface area contributed by atoms with Crippen LogP contribution in [0.1, 0.15) is 36.6 Å². The van der Waals surface area contributed by atoms with Gasteiger partial charge in [-0.1, -0.05) is 42.5 Å². The van der Waals surface area contributed by atoms with Crippen molar-refractivity contribution in [2.45, 2.75) is 32.7 Å². The van der Waals surface area contributed by atoms with E-state index in [2.05, 4.69) is 51.5 Å². The van der Waals surface area contributed by atoms with Crippen LogP contribution < -0.4 is 30.3 Å². The summed E-state index contributed by atoms with van der Waals surface area (Å²) in [6.07, 6.45) is 0.466. The molecule has 0 radical (unpaired) electrons. The van der Waals surface area contributed by atoms with Crippen LogP contribution in [0.25, 0.3) is 10.8 Å². The number of carbonyl (C=O) groups excluding carboxylic acids is 2. The minimum absolute atomic E-state index is 0.130. The standard InChI is InChI=1S/C35H36N4O7/c1-4-44-30-18-27(33-32(34(41)43-3)22(2)37-35(42)38-33)13-16-29(30)46-21-31(40)39-36-19-23-10-14-28(15-11-23)45-20-24-9-12-25-7-5-6-8-26(25)17-24/h5-19,31,33,39-40H,4,20-21H2,1-3H3,(H2,37,38,42)/b36-19-/t31-,33+/m0/s1. The summed E-state index contributed by atoms with van der Waals surface area (Å²) in [6.45, 7) is 4.12. The van der Waals surface area contributed by atoms with Crippen LogP contribution in [0.5, 0.6) is 17.2 Å². The molecular formula is C35H36N4O7. The van der Waals surface area contributed by atoms with Crippen LogP contribution in [0.4, 0.5) is 4.79 Å². The van der Waals surface area contributed by atoms with Crippen LogP contribution in [-0.2, 0) is 16.1 Å². The van der Waals surface area contributed by atoms with E-state index in [0.717, 1.165) is 16.9 Å². The lowest BCUT2D eigenvalue weighted by molar-refractivity contribution is -0.136. The van der Waals surface area contributed by atoms with Crippen molar-refractivity contribution < 1.29 is 33.6 Å². The van der Waals surface area contributed by atoms with E-state index in [1.807, 2.05) is 43.3 Å². The molecular weight excluding hydrogens is 588 g/mol. The molecule has 0 aromatic heterocycles.